The lowest BCUT2D eigenvalue weighted by atomic mass is 10.1. The molecule has 0 bridgehead atoms. The smallest absolute Gasteiger partial charge is 0.258 e. The summed E-state index contributed by atoms with van der Waals surface area (Å²) in [6.45, 7) is 2.45. The van der Waals surface area contributed by atoms with E-state index in [4.69, 9.17) is 9.47 Å². The first kappa shape index (κ1) is 23.8. The number of rotatable bonds is 10. The molecule has 5 nitrogen and oxygen atoms in total. The molecule has 0 radical (unpaired) electrons. The van der Waals surface area contributed by atoms with Crippen molar-refractivity contribution in [3.05, 3.63) is 126 Å². The fourth-order valence-corrected chi connectivity index (χ4v) is 3.43. The number of hydrogen-bond donors (Lipinski definition) is 1. The summed E-state index contributed by atoms with van der Waals surface area (Å²) in [5.74, 6) is 1.27. The minimum absolute atomic E-state index is 0.0384. The Morgan fingerprint density at radius 3 is 2.09 bits per heavy atom. The molecule has 0 saturated carbocycles. The zero-order chi connectivity index (χ0) is 24.3. The maximum Gasteiger partial charge on any atom is 0.258 e. The van der Waals surface area contributed by atoms with Crippen molar-refractivity contribution < 1.29 is 14.3 Å². The van der Waals surface area contributed by atoms with Gasteiger partial charge in [0.15, 0.2) is 6.61 Å². The predicted octanol–water partition coefficient (Wildman–Crippen LogP) is 6.27. The summed E-state index contributed by atoms with van der Waals surface area (Å²) in [6.07, 6.45) is 1.79. The van der Waals surface area contributed by atoms with Crippen LogP contribution in [0.25, 0.3) is 0 Å². The van der Waals surface area contributed by atoms with E-state index in [-0.39, 0.29) is 18.6 Å². The average Bonchev–Trinajstić information content (AvgIpc) is 2.92. The number of nitrogens with zero attached hydrogens (tertiary/aromatic N) is 1. The Labute approximate surface area is 206 Å². The molecule has 1 atom stereocenters. The SMILES string of the molecule is C[C@@H](NC(=O)COc1ccc(C=Nc2ccc(OCc3ccccc3)cc2)cc1)c1ccccc1. The first-order valence-electron chi connectivity index (χ1n) is 11.5. The molecule has 35 heavy (non-hydrogen) atoms. The highest BCUT2D eigenvalue weighted by Crippen LogP contribution is 2.20. The van der Waals surface area contributed by atoms with E-state index in [0.29, 0.717) is 12.4 Å². The Bertz CT molecular complexity index is 1220. The minimum Gasteiger partial charge on any atom is -0.489 e. The molecule has 4 rings (SSSR count). The second-order valence-corrected chi connectivity index (χ2v) is 8.08. The topological polar surface area (TPSA) is 59.9 Å². The molecule has 5 heteroatoms. The van der Waals surface area contributed by atoms with E-state index in [1.165, 1.54) is 0 Å². The molecule has 0 unspecified atom stereocenters. The fourth-order valence-electron chi connectivity index (χ4n) is 3.43. The van der Waals surface area contributed by atoms with Crippen LogP contribution in [0.15, 0.2) is 114 Å². The van der Waals surface area contributed by atoms with Gasteiger partial charge in [0.25, 0.3) is 5.91 Å². The normalized spacial score (nSPS) is 11.7. The molecule has 0 aliphatic heterocycles. The second-order valence-electron chi connectivity index (χ2n) is 8.08. The summed E-state index contributed by atoms with van der Waals surface area (Å²) < 4.78 is 11.4. The Balaban J connectivity index is 1.22. The summed E-state index contributed by atoms with van der Waals surface area (Å²) >= 11 is 0. The zero-order valence-electron chi connectivity index (χ0n) is 19.6. The molecular formula is C30H28N2O3. The van der Waals surface area contributed by atoms with Crippen molar-refractivity contribution in [2.45, 2.75) is 19.6 Å². The van der Waals surface area contributed by atoms with E-state index in [0.717, 1.165) is 28.1 Å². The molecule has 0 fully saturated rings. The van der Waals surface area contributed by atoms with Crippen molar-refractivity contribution in [3.8, 4) is 11.5 Å². The van der Waals surface area contributed by atoms with Crippen LogP contribution in [-0.2, 0) is 11.4 Å². The number of benzene rings is 4. The van der Waals surface area contributed by atoms with Gasteiger partial charge in [-0.1, -0.05) is 60.7 Å². The lowest BCUT2D eigenvalue weighted by molar-refractivity contribution is -0.123. The molecular weight excluding hydrogens is 436 g/mol. The van der Waals surface area contributed by atoms with Crippen LogP contribution in [0, 0.1) is 0 Å². The van der Waals surface area contributed by atoms with Gasteiger partial charge in [0, 0.05) is 6.21 Å². The van der Waals surface area contributed by atoms with Gasteiger partial charge in [-0.3, -0.25) is 9.79 Å². The summed E-state index contributed by atoms with van der Waals surface area (Å²) in [5.41, 5.74) is 3.95. The number of hydrogen-bond acceptors (Lipinski definition) is 4. The standard InChI is InChI=1S/C30H28N2O3/c1-23(26-10-6-3-7-11-26)32-30(33)22-35-28-16-12-24(13-17-28)20-31-27-14-18-29(19-15-27)34-21-25-8-4-2-5-9-25/h2-20,23H,21-22H2,1H3,(H,32,33)/t23-/m1/s1. The summed E-state index contributed by atoms with van der Waals surface area (Å²) in [5, 5.41) is 2.94. The van der Waals surface area contributed by atoms with Crippen LogP contribution in [0.4, 0.5) is 5.69 Å². The number of nitrogens with one attached hydrogen (secondary N) is 1. The molecule has 0 spiro atoms. The van der Waals surface area contributed by atoms with E-state index in [9.17, 15) is 4.79 Å². The van der Waals surface area contributed by atoms with Crippen molar-refractivity contribution >= 4 is 17.8 Å². The second kappa shape index (κ2) is 12.2. The molecule has 0 aliphatic carbocycles. The van der Waals surface area contributed by atoms with Crippen LogP contribution in [0.5, 0.6) is 11.5 Å². The van der Waals surface area contributed by atoms with Crippen molar-refractivity contribution in [2.75, 3.05) is 6.61 Å². The van der Waals surface area contributed by atoms with Crippen LogP contribution < -0.4 is 14.8 Å². The van der Waals surface area contributed by atoms with E-state index in [1.54, 1.807) is 6.21 Å². The highest BCUT2D eigenvalue weighted by molar-refractivity contribution is 5.82. The first-order chi connectivity index (χ1) is 17.2. The van der Waals surface area contributed by atoms with Crippen molar-refractivity contribution in [1.29, 1.82) is 0 Å². The van der Waals surface area contributed by atoms with Gasteiger partial charge < -0.3 is 14.8 Å². The molecule has 4 aromatic carbocycles. The maximum absolute atomic E-state index is 12.2. The van der Waals surface area contributed by atoms with Gasteiger partial charge in [0.1, 0.15) is 18.1 Å². The Kier molecular flexibility index (Phi) is 8.28. The lowest BCUT2D eigenvalue weighted by Crippen LogP contribution is -2.31. The van der Waals surface area contributed by atoms with Crippen LogP contribution in [0.1, 0.15) is 29.7 Å². The molecule has 0 aliphatic rings. The number of carbonyl (C=O) groups excluding carboxylic acids is 1. The van der Waals surface area contributed by atoms with Crippen LogP contribution in [0.3, 0.4) is 0 Å². The van der Waals surface area contributed by atoms with Gasteiger partial charge >= 0.3 is 0 Å². The summed E-state index contributed by atoms with van der Waals surface area (Å²) in [4.78, 5) is 16.7. The van der Waals surface area contributed by atoms with Gasteiger partial charge in [0.2, 0.25) is 0 Å². The van der Waals surface area contributed by atoms with E-state index < -0.39 is 0 Å². The molecule has 0 heterocycles. The Hall–Kier alpha value is -4.38. The predicted molar refractivity (Wildman–Crippen MR) is 139 cm³/mol. The van der Waals surface area contributed by atoms with Crippen LogP contribution in [0.2, 0.25) is 0 Å². The van der Waals surface area contributed by atoms with Gasteiger partial charge in [-0.15, -0.1) is 0 Å². The van der Waals surface area contributed by atoms with Crippen molar-refractivity contribution in [1.82, 2.24) is 5.32 Å². The van der Waals surface area contributed by atoms with E-state index >= 15 is 0 Å². The third-order valence-electron chi connectivity index (χ3n) is 5.37. The molecule has 1 N–H and O–H groups in total. The van der Waals surface area contributed by atoms with Gasteiger partial charge in [-0.25, -0.2) is 0 Å². The monoisotopic (exact) mass is 464 g/mol. The Morgan fingerprint density at radius 1 is 0.800 bits per heavy atom. The summed E-state index contributed by atoms with van der Waals surface area (Å²) in [7, 11) is 0. The third kappa shape index (κ3) is 7.57. The quantitative estimate of drug-likeness (QED) is 0.281. The third-order valence-corrected chi connectivity index (χ3v) is 5.37. The Morgan fingerprint density at radius 2 is 1.40 bits per heavy atom. The largest absolute Gasteiger partial charge is 0.489 e. The zero-order valence-corrected chi connectivity index (χ0v) is 19.6. The number of aliphatic imine (C=N–C) groups is 1. The average molecular weight is 465 g/mol. The first-order valence-corrected chi connectivity index (χ1v) is 11.5. The highest BCUT2D eigenvalue weighted by atomic mass is 16.5. The van der Waals surface area contributed by atoms with E-state index in [1.807, 2.05) is 116 Å². The van der Waals surface area contributed by atoms with Crippen molar-refractivity contribution in [2.24, 2.45) is 4.99 Å². The molecule has 1 amide bonds. The number of ether oxygens (including phenoxy) is 2. The van der Waals surface area contributed by atoms with Gasteiger partial charge in [0.05, 0.1) is 11.7 Å². The highest BCUT2D eigenvalue weighted by Gasteiger charge is 2.09. The van der Waals surface area contributed by atoms with Crippen molar-refractivity contribution in [3.63, 3.8) is 0 Å². The molecule has 176 valence electrons. The number of carbonyl (C=O) groups is 1. The molecule has 4 aromatic rings. The molecule has 0 saturated heterocycles. The number of amides is 1. The van der Waals surface area contributed by atoms with E-state index in [2.05, 4.69) is 10.3 Å². The summed E-state index contributed by atoms with van der Waals surface area (Å²) in [6, 6.07) is 35.0. The maximum atomic E-state index is 12.2. The minimum atomic E-state index is -0.164. The van der Waals surface area contributed by atoms with Gasteiger partial charge in [-0.05, 0) is 72.1 Å². The fraction of sp³-hybridized carbons (Fsp3) is 0.133. The molecule has 0 aromatic heterocycles. The lowest BCUT2D eigenvalue weighted by Gasteiger charge is -2.14. The van der Waals surface area contributed by atoms with Gasteiger partial charge in [-0.2, -0.15) is 0 Å². The van der Waals surface area contributed by atoms with Crippen LogP contribution >= 0.6 is 0 Å². The van der Waals surface area contributed by atoms with Crippen LogP contribution in [-0.4, -0.2) is 18.7 Å².